The highest BCUT2D eigenvalue weighted by molar-refractivity contribution is 6.07. The first kappa shape index (κ1) is 16.8. The van der Waals surface area contributed by atoms with Gasteiger partial charge in [-0.2, -0.15) is 5.26 Å². The normalized spacial score (nSPS) is 15.1. The molecule has 6 nitrogen and oxygen atoms in total. The van der Waals surface area contributed by atoms with E-state index in [0.29, 0.717) is 33.8 Å². The molecule has 0 radical (unpaired) electrons. The lowest BCUT2D eigenvalue weighted by molar-refractivity contribution is 0.0620. The Hall–Kier alpha value is -3.07. The number of benzene rings is 1. The summed E-state index contributed by atoms with van der Waals surface area (Å²) in [5.74, 6) is 0.640. The van der Waals surface area contributed by atoms with Crippen molar-refractivity contribution >= 4 is 17.6 Å². The van der Waals surface area contributed by atoms with Crippen molar-refractivity contribution in [3.8, 4) is 11.8 Å². The average Bonchev–Trinajstić information content (AvgIpc) is 2.79. The van der Waals surface area contributed by atoms with Gasteiger partial charge in [-0.1, -0.05) is 0 Å². The summed E-state index contributed by atoms with van der Waals surface area (Å²) in [5.41, 5.74) is 1.11. The van der Waals surface area contributed by atoms with Gasteiger partial charge < -0.3 is 9.15 Å². The molecule has 1 aliphatic heterocycles. The average molecular weight is 338 g/mol. The highest BCUT2D eigenvalue weighted by Crippen LogP contribution is 2.34. The minimum absolute atomic E-state index is 0.0664. The Kier molecular flexibility index (Phi) is 3.88. The molecule has 0 atom stereocenters. The zero-order chi connectivity index (χ0) is 18.4. The third-order valence-electron chi connectivity index (χ3n) is 4.24. The molecule has 0 spiro atoms. The minimum Gasteiger partial charge on any atom is -0.487 e. The molecule has 0 aliphatic carbocycles. The number of hydrogen-bond acceptors (Lipinski definition) is 5. The number of nitriles is 1. The molecule has 1 amide bonds. The first-order valence-corrected chi connectivity index (χ1v) is 7.89. The predicted octanol–water partition coefficient (Wildman–Crippen LogP) is 3.76. The van der Waals surface area contributed by atoms with Crippen LogP contribution in [0, 0.1) is 25.2 Å². The summed E-state index contributed by atoms with van der Waals surface area (Å²) < 4.78 is 11.2. The fourth-order valence-corrected chi connectivity index (χ4v) is 2.82. The second-order valence-corrected chi connectivity index (χ2v) is 6.73. The van der Waals surface area contributed by atoms with Gasteiger partial charge in [0.1, 0.15) is 28.7 Å². The van der Waals surface area contributed by atoms with Crippen molar-refractivity contribution in [1.29, 1.82) is 5.26 Å². The maximum Gasteiger partial charge on any atom is 0.258 e. The first-order chi connectivity index (χ1) is 11.7. The number of amides is 1. The number of hydrogen-bond donors (Lipinski definition) is 1. The Balaban J connectivity index is 1.90. The molecular weight excluding hydrogens is 320 g/mol. The Morgan fingerprint density at radius 3 is 2.72 bits per heavy atom. The Morgan fingerprint density at radius 2 is 2.04 bits per heavy atom. The predicted molar refractivity (Wildman–Crippen MR) is 90.9 cm³/mol. The van der Waals surface area contributed by atoms with Crippen LogP contribution < -0.4 is 10.1 Å². The molecule has 0 bridgehead atoms. The van der Waals surface area contributed by atoms with Crippen molar-refractivity contribution in [2.24, 2.45) is 0 Å². The molecular formula is C19H18N2O4. The molecule has 0 unspecified atom stereocenters. The number of fused-ring (bicyclic) bond motifs is 1. The number of Topliss-reactive ketones (excluding diaryl/α,β-unsaturated/α-hetero) is 1. The topological polar surface area (TPSA) is 92.3 Å². The zero-order valence-corrected chi connectivity index (χ0v) is 14.5. The van der Waals surface area contributed by atoms with Crippen LogP contribution >= 0.6 is 0 Å². The SMILES string of the molecule is Cc1oc(NC(=O)c2ccc3c(c2)C(=O)CC(C)(C)O3)c(C#N)c1C. The second-order valence-electron chi connectivity index (χ2n) is 6.73. The van der Waals surface area contributed by atoms with E-state index in [0.717, 1.165) is 0 Å². The van der Waals surface area contributed by atoms with Crippen LogP contribution in [-0.4, -0.2) is 17.3 Å². The van der Waals surface area contributed by atoms with Gasteiger partial charge >= 0.3 is 0 Å². The van der Waals surface area contributed by atoms with Gasteiger partial charge in [0.25, 0.3) is 5.91 Å². The second kappa shape index (κ2) is 5.78. The summed E-state index contributed by atoms with van der Waals surface area (Å²) in [6.07, 6.45) is 0.250. The highest BCUT2D eigenvalue weighted by atomic mass is 16.5. The molecule has 1 aromatic carbocycles. The van der Waals surface area contributed by atoms with Gasteiger partial charge in [-0.3, -0.25) is 14.9 Å². The maximum atomic E-state index is 12.5. The van der Waals surface area contributed by atoms with E-state index in [4.69, 9.17) is 9.15 Å². The van der Waals surface area contributed by atoms with Crippen molar-refractivity contribution in [3.63, 3.8) is 0 Å². The van der Waals surface area contributed by atoms with E-state index in [1.54, 1.807) is 26.0 Å². The molecule has 128 valence electrons. The largest absolute Gasteiger partial charge is 0.487 e. The number of rotatable bonds is 2. The van der Waals surface area contributed by atoms with E-state index >= 15 is 0 Å². The minimum atomic E-state index is -0.557. The number of ether oxygens (including phenoxy) is 1. The van der Waals surface area contributed by atoms with Crippen molar-refractivity contribution in [3.05, 3.63) is 46.2 Å². The monoisotopic (exact) mass is 338 g/mol. The van der Waals surface area contributed by atoms with Crippen LogP contribution in [0.4, 0.5) is 5.88 Å². The summed E-state index contributed by atoms with van der Waals surface area (Å²) in [7, 11) is 0. The molecule has 6 heteroatoms. The Morgan fingerprint density at radius 1 is 1.32 bits per heavy atom. The quantitative estimate of drug-likeness (QED) is 0.900. The van der Waals surface area contributed by atoms with Crippen LogP contribution in [-0.2, 0) is 0 Å². The van der Waals surface area contributed by atoms with Crippen LogP contribution in [0.1, 0.15) is 57.9 Å². The molecule has 0 fully saturated rings. The number of nitrogens with one attached hydrogen (secondary N) is 1. The zero-order valence-electron chi connectivity index (χ0n) is 14.5. The molecule has 2 aromatic rings. The fraction of sp³-hybridized carbons (Fsp3) is 0.316. The standard InChI is InChI=1S/C19H18N2O4/c1-10-11(2)24-18(14(10)9-20)21-17(23)12-5-6-16-13(7-12)15(22)8-19(3,4)25-16/h5-7H,8H2,1-4H3,(H,21,23). The Labute approximate surface area is 145 Å². The highest BCUT2D eigenvalue weighted by Gasteiger charge is 2.33. The van der Waals surface area contributed by atoms with Gasteiger partial charge in [-0.15, -0.1) is 0 Å². The molecule has 1 N–H and O–H groups in total. The van der Waals surface area contributed by atoms with Crippen molar-refractivity contribution in [2.45, 2.75) is 39.7 Å². The fourth-order valence-electron chi connectivity index (χ4n) is 2.82. The van der Waals surface area contributed by atoms with E-state index in [9.17, 15) is 14.9 Å². The molecule has 0 saturated carbocycles. The molecule has 25 heavy (non-hydrogen) atoms. The first-order valence-electron chi connectivity index (χ1n) is 7.89. The van der Waals surface area contributed by atoms with Crippen molar-refractivity contribution in [2.75, 3.05) is 5.32 Å². The van der Waals surface area contributed by atoms with Gasteiger partial charge in [0, 0.05) is 11.1 Å². The lowest BCUT2D eigenvalue weighted by atomic mass is 9.92. The number of carbonyl (C=O) groups excluding carboxylic acids is 2. The van der Waals surface area contributed by atoms with Crippen LogP contribution in [0.3, 0.4) is 0 Å². The third-order valence-corrected chi connectivity index (χ3v) is 4.24. The molecule has 1 aromatic heterocycles. The van der Waals surface area contributed by atoms with Gasteiger partial charge in [0.15, 0.2) is 5.78 Å². The van der Waals surface area contributed by atoms with E-state index in [2.05, 4.69) is 5.32 Å². The van der Waals surface area contributed by atoms with E-state index in [1.807, 2.05) is 19.9 Å². The molecule has 0 saturated heterocycles. The van der Waals surface area contributed by atoms with E-state index in [-0.39, 0.29) is 18.1 Å². The smallest absolute Gasteiger partial charge is 0.258 e. The van der Waals surface area contributed by atoms with Crippen LogP contribution in [0.25, 0.3) is 0 Å². The third kappa shape index (κ3) is 3.01. The van der Waals surface area contributed by atoms with E-state index < -0.39 is 11.5 Å². The number of anilines is 1. The number of furan rings is 1. The number of ketones is 1. The molecule has 2 heterocycles. The number of carbonyl (C=O) groups is 2. The summed E-state index contributed by atoms with van der Waals surface area (Å²) in [6, 6.07) is 6.73. The lowest BCUT2D eigenvalue weighted by Crippen LogP contribution is -2.36. The van der Waals surface area contributed by atoms with Crippen LogP contribution in [0.2, 0.25) is 0 Å². The van der Waals surface area contributed by atoms with Gasteiger partial charge in [-0.25, -0.2) is 0 Å². The summed E-state index contributed by atoms with van der Waals surface area (Å²) in [5, 5.41) is 11.8. The maximum absolute atomic E-state index is 12.5. The summed E-state index contributed by atoms with van der Waals surface area (Å²) >= 11 is 0. The van der Waals surface area contributed by atoms with Gasteiger partial charge in [0.2, 0.25) is 5.88 Å². The van der Waals surface area contributed by atoms with Crippen molar-refractivity contribution in [1.82, 2.24) is 0 Å². The van der Waals surface area contributed by atoms with Gasteiger partial charge in [0.05, 0.1) is 12.0 Å². The number of nitrogens with zero attached hydrogens (tertiary/aromatic N) is 1. The lowest BCUT2D eigenvalue weighted by Gasteiger charge is -2.31. The summed E-state index contributed by atoms with van der Waals surface area (Å²) in [4.78, 5) is 24.8. The van der Waals surface area contributed by atoms with Crippen LogP contribution in [0.15, 0.2) is 22.6 Å². The van der Waals surface area contributed by atoms with E-state index in [1.165, 1.54) is 6.07 Å². The van der Waals surface area contributed by atoms with Crippen molar-refractivity contribution < 1.29 is 18.7 Å². The number of aryl methyl sites for hydroxylation is 1. The van der Waals surface area contributed by atoms with Crippen LogP contribution in [0.5, 0.6) is 5.75 Å². The summed E-state index contributed by atoms with van der Waals surface area (Å²) in [6.45, 7) is 7.17. The van der Waals surface area contributed by atoms with Gasteiger partial charge in [-0.05, 0) is 45.9 Å². The Bertz CT molecular complexity index is 932. The molecule has 1 aliphatic rings. The molecule has 3 rings (SSSR count).